The van der Waals surface area contributed by atoms with E-state index in [2.05, 4.69) is 10.5 Å². The average molecular weight is 422 g/mol. The second kappa shape index (κ2) is 9.34. The molecule has 0 fully saturated rings. The highest BCUT2D eigenvalue weighted by Crippen LogP contribution is 2.29. The Hall–Kier alpha value is -3.18. The van der Waals surface area contributed by atoms with Crippen molar-refractivity contribution in [3.8, 4) is 11.5 Å². The molecule has 2 aromatic carbocycles. The van der Waals surface area contributed by atoms with Crippen molar-refractivity contribution in [1.82, 2.24) is 4.31 Å². The number of non-ortho nitro benzene ring substituents is 1. The van der Waals surface area contributed by atoms with Crippen LogP contribution in [-0.2, 0) is 10.0 Å². The number of hydrogen-bond donors (Lipinski definition) is 2. The maximum atomic E-state index is 12.9. The van der Waals surface area contributed by atoms with Gasteiger partial charge in [0, 0.05) is 30.8 Å². The highest BCUT2D eigenvalue weighted by Gasteiger charge is 2.27. The lowest BCUT2D eigenvalue weighted by Gasteiger charge is -2.20. The molecule has 29 heavy (non-hydrogen) atoms. The van der Waals surface area contributed by atoms with Gasteiger partial charge in [0.15, 0.2) is 0 Å². The second-order valence-corrected chi connectivity index (χ2v) is 7.73. The Kier molecular flexibility index (Phi) is 7.13. The van der Waals surface area contributed by atoms with Crippen molar-refractivity contribution in [1.29, 1.82) is 0 Å². The molecular weight excluding hydrogens is 400 g/mol. The Bertz CT molecular complexity index is 1020. The fourth-order valence-corrected chi connectivity index (χ4v) is 4.19. The standard InChI is InChI=1S/C18H22N4O6S/c1-4-21(5-2)29(26,27)18-11-14(22(24)25)6-8-16(18)20-19-12-13-10-15(28-3)7-9-17(13)23/h6-12,20,23H,4-5H2,1-3H3. The zero-order valence-corrected chi connectivity index (χ0v) is 17.0. The van der Waals surface area contributed by atoms with Gasteiger partial charge < -0.3 is 9.84 Å². The summed E-state index contributed by atoms with van der Waals surface area (Å²) in [6.07, 6.45) is 1.28. The SMILES string of the molecule is CCN(CC)S(=O)(=O)c1cc([N+](=O)[O-])ccc1NN=Cc1cc(OC)ccc1O. The third kappa shape index (κ3) is 5.00. The molecule has 0 radical (unpaired) electrons. The first-order valence-corrected chi connectivity index (χ1v) is 10.1. The zero-order chi connectivity index (χ0) is 21.6. The normalized spacial score (nSPS) is 11.7. The number of aromatic hydroxyl groups is 1. The Morgan fingerprint density at radius 3 is 2.52 bits per heavy atom. The van der Waals surface area contributed by atoms with Crippen LogP contribution in [0.3, 0.4) is 0 Å². The minimum atomic E-state index is -3.98. The van der Waals surface area contributed by atoms with Crippen LogP contribution in [0.1, 0.15) is 19.4 Å². The maximum Gasteiger partial charge on any atom is 0.270 e. The summed E-state index contributed by atoms with van der Waals surface area (Å²) in [5, 5.41) is 25.0. The Morgan fingerprint density at radius 1 is 1.24 bits per heavy atom. The molecule has 0 amide bonds. The molecule has 2 aromatic rings. The number of nitrogens with zero attached hydrogens (tertiary/aromatic N) is 3. The molecule has 0 aliphatic carbocycles. The molecule has 0 aliphatic rings. The topological polar surface area (TPSA) is 134 Å². The first kappa shape index (κ1) is 22.1. The number of nitro benzene ring substituents is 1. The van der Waals surface area contributed by atoms with Gasteiger partial charge in [0.05, 0.1) is 23.9 Å². The van der Waals surface area contributed by atoms with Gasteiger partial charge in [-0.1, -0.05) is 13.8 Å². The second-order valence-electron chi connectivity index (χ2n) is 5.82. The summed E-state index contributed by atoms with van der Waals surface area (Å²) in [4.78, 5) is 10.2. The van der Waals surface area contributed by atoms with Gasteiger partial charge in [0.2, 0.25) is 10.0 Å². The van der Waals surface area contributed by atoms with Gasteiger partial charge in [-0.25, -0.2) is 8.42 Å². The lowest BCUT2D eigenvalue weighted by Crippen LogP contribution is -2.31. The van der Waals surface area contributed by atoms with Crippen LogP contribution in [0, 0.1) is 10.1 Å². The van der Waals surface area contributed by atoms with Crippen LogP contribution in [0.2, 0.25) is 0 Å². The van der Waals surface area contributed by atoms with Gasteiger partial charge in [-0.05, 0) is 24.3 Å². The number of sulfonamides is 1. The smallest absolute Gasteiger partial charge is 0.270 e. The van der Waals surface area contributed by atoms with Gasteiger partial charge in [-0.15, -0.1) is 0 Å². The minimum Gasteiger partial charge on any atom is -0.507 e. The Labute approximate surface area is 168 Å². The summed E-state index contributed by atoms with van der Waals surface area (Å²) in [6, 6.07) is 8.01. The molecule has 0 spiro atoms. The van der Waals surface area contributed by atoms with Crippen molar-refractivity contribution in [2.24, 2.45) is 5.10 Å². The van der Waals surface area contributed by atoms with Gasteiger partial charge in [-0.3, -0.25) is 15.5 Å². The summed E-state index contributed by atoms with van der Waals surface area (Å²) in [6.45, 7) is 3.77. The van der Waals surface area contributed by atoms with Crippen molar-refractivity contribution in [2.75, 3.05) is 25.6 Å². The molecule has 0 unspecified atom stereocenters. The van der Waals surface area contributed by atoms with E-state index in [-0.39, 0.29) is 35.1 Å². The molecule has 2 rings (SSSR count). The monoisotopic (exact) mass is 422 g/mol. The molecule has 0 saturated heterocycles. The van der Waals surface area contributed by atoms with Gasteiger partial charge in [-0.2, -0.15) is 9.41 Å². The fraction of sp³-hybridized carbons (Fsp3) is 0.278. The van der Waals surface area contributed by atoms with E-state index >= 15 is 0 Å². The number of ether oxygens (including phenoxy) is 1. The number of nitro groups is 1. The van der Waals surface area contributed by atoms with Crippen LogP contribution in [-0.4, -0.2) is 49.2 Å². The van der Waals surface area contributed by atoms with Gasteiger partial charge in [0.1, 0.15) is 16.4 Å². The van der Waals surface area contributed by atoms with E-state index in [1.165, 1.54) is 35.8 Å². The molecule has 0 atom stereocenters. The van der Waals surface area contributed by atoms with Crippen LogP contribution < -0.4 is 10.2 Å². The number of methoxy groups -OCH3 is 1. The van der Waals surface area contributed by atoms with Crippen LogP contribution in [0.4, 0.5) is 11.4 Å². The summed E-state index contributed by atoms with van der Waals surface area (Å²) < 4.78 is 32.1. The average Bonchev–Trinajstić information content (AvgIpc) is 2.70. The number of phenols is 1. The fourth-order valence-electron chi connectivity index (χ4n) is 2.57. The summed E-state index contributed by atoms with van der Waals surface area (Å²) in [5.41, 5.74) is 2.65. The number of benzene rings is 2. The van der Waals surface area contributed by atoms with Crippen LogP contribution in [0.15, 0.2) is 46.4 Å². The number of hydrazone groups is 1. The highest BCUT2D eigenvalue weighted by atomic mass is 32.2. The quantitative estimate of drug-likeness (QED) is 0.360. The van der Waals surface area contributed by atoms with Crippen molar-refractivity contribution >= 4 is 27.6 Å². The molecule has 0 saturated carbocycles. The molecule has 11 heteroatoms. The number of nitrogens with one attached hydrogen (secondary N) is 1. The molecule has 0 bridgehead atoms. The van der Waals surface area contributed by atoms with Gasteiger partial charge in [0.25, 0.3) is 5.69 Å². The first-order chi connectivity index (χ1) is 13.7. The van der Waals surface area contributed by atoms with Crippen molar-refractivity contribution in [2.45, 2.75) is 18.7 Å². The number of phenolic OH excluding ortho intramolecular Hbond substituents is 1. The van der Waals surface area contributed by atoms with E-state index in [9.17, 15) is 23.6 Å². The van der Waals surface area contributed by atoms with Crippen molar-refractivity contribution < 1.29 is 23.2 Å². The van der Waals surface area contributed by atoms with Gasteiger partial charge >= 0.3 is 0 Å². The molecular formula is C18H22N4O6S. The van der Waals surface area contributed by atoms with Crippen LogP contribution >= 0.6 is 0 Å². The maximum absolute atomic E-state index is 12.9. The summed E-state index contributed by atoms with van der Waals surface area (Å²) in [5.74, 6) is 0.459. The third-order valence-corrected chi connectivity index (χ3v) is 6.21. The molecule has 0 aliphatic heterocycles. The predicted octanol–water partition coefficient (Wildman–Crippen LogP) is 2.79. The largest absolute Gasteiger partial charge is 0.507 e. The molecule has 10 nitrogen and oxygen atoms in total. The van der Waals surface area contributed by atoms with Crippen molar-refractivity contribution in [3.05, 3.63) is 52.1 Å². The van der Waals surface area contributed by atoms with E-state index in [0.717, 1.165) is 6.07 Å². The molecule has 2 N–H and O–H groups in total. The van der Waals surface area contributed by atoms with E-state index in [1.54, 1.807) is 26.0 Å². The zero-order valence-electron chi connectivity index (χ0n) is 16.2. The summed E-state index contributed by atoms with van der Waals surface area (Å²) in [7, 11) is -2.50. The number of anilines is 1. The van der Waals surface area contributed by atoms with E-state index in [1.807, 2.05) is 0 Å². The van der Waals surface area contributed by atoms with Crippen LogP contribution in [0.5, 0.6) is 11.5 Å². The number of rotatable bonds is 9. The van der Waals surface area contributed by atoms with Crippen LogP contribution in [0.25, 0.3) is 0 Å². The van der Waals surface area contributed by atoms with E-state index in [4.69, 9.17) is 4.74 Å². The molecule has 0 heterocycles. The van der Waals surface area contributed by atoms with Crippen molar-refractivity contribution in [3.63, 3.8) is 0 Å². The van der Waals surface area contributed by atoms with E-state index in [0.29, 0.717) is 11.3 Å². The molecule has 0 aromatic heterocycles. The first-order valence-electron chi connectivity index (χ1n) is 8.69. The summed E-state index contributed by atoms with van der Waals surface area (Å²) >= 11 is 0. The highest BCUT2D eigenvalue weighted by molar-refractivity contribution is 7.89. The Balaban J connectivity index is 2.44. The number of hydrogen-bond acceptors (Lipinski definition) is 8. The molecule has 156 valence electrons. The lowest BCUT2D eigenvalue weighted by atomic mass is 10.2. The lowest BCUT2D eigenvalue weighted by molar-refractivity contribution is -0.385. The third-order valence-electron chi connectivity index (χ3n) is 4.12. The predicted molar refractivity (Wildman–Crippen MR) is 109 cm³/mol. The van der Waals surface area contributed by atoms with E-state index < -0.39 is 14.9 Å². The minimum absolute atomic E-state index is 0.0453. The Morgan fingerprint density at radius 2 is 1.93 bits per heavy atom.